The van der Waals surface area contributed by atoms with Crippen LogP contribution in [0.5, 0.6) is 0 Å². The second kappa shape index (κ2) is 9.99. The quantitative estimate of drug-likeness (QED) is 0.586. The molecule has 0 aliphatic heterocycles. The predicted octanol–water partition coefficient (Wildman–Crippen LogP) is 5.11. The summed E-state index contributed by atoms with van der Waals surface area (Å²) in [6, 6.07) is 15.9. The Morgan fingerprint density at radius 2 is 1.79 bits per heavy atom. The highest BCUT2D eigenvalue weighted by molar-refractivity contribution is 7.98. The Labute approximate surface area is 174 Å². The number of amides is 1. The van der Waals surface area contributed by atoms with Crippen LogP contribution in [-0.4, -0.2) is 23.5 Å². The Morgan fingerprint density at radius 1 is 1.11 bits per heavy atom. The molecule has 0 spiro atoms. The van der Waals surface area contributed by atoms with Crippen molar-refractivity contribution in [2.75, 3.05) is 6.54 Å². The zero-order chi connectivity index (χ0) is 19.9. The zero-order valence-corrected chi connectivity index (χ0v) is 17.1. The number of halogens is 1. The highest BCUT2D eigenvalue weighted by Crippen LogP contribution is 2.38. The largest absolute Gasteiger partial charge is 0.480 e. The summed E-state index contributed by atoms with van der Waals surface area (Å²) in [4.78, 5) is 24.6. The van der Waals surface area contributed by atoms with Gasteiger partial charge in [0.15, 0.2) is 0 Å². The Bertz CT molecular complexity index is 819. The number of carboxylic acid groups (broad SMARTS) is 1. The Morgan fingerprint density at radius 3 is 2.43 bits per heavy atom. The van der Waals surface area contributed by atoms with Gasteiger partial charge in [0, 0.05) is 15.7 Å². The summed E-state index contributed by atoms with van der Waals surface area (Å²) in [5, 5.41) is 12.2. The number of carbonyl (C=O) groups is 2. The molecule has 2 aromatic carbocycles. The van der Waals surface area contributed by atoms with Gasteiger partial charge >= 0.3 is 5.97 Å². The van der Waals surface area contributed by atoms with E-state index in [1.165, 1.54) is 0 Å². The van der Waals surface area contributed by atoms with E-state index in [1.807, 2.05) is 48.5 Å². The van der Waals surface area contributed by atoms with Crippen LogP contribution in [0, 0.1) is 5.92 Å². The van der Waals surface area contributed by atoms with Gasteiger partial charge in [-0.3, -0.25) is 9.59 Å². The molecule has 28 heavy (non-hydrogen) atoms. The average molecular weight is 418 g/mol. The molecule has 0 heterocycles. The van der Waals surface area contributed by atoms with E-state index in [2.05, 4.69) is 5.32 Å². The fourth-order valence-electron chi connectivity index (χ4n) is 3.75. The molecule has 1 unspecified atom stereocenters. The summed E-state index contributed by atoms with van der Waals surface area (Å²) in [5.41, 5.74) is 2.05. The summed E-state index contributed by atoms with van der Waals surface area (Å²) in [6.45, 7) is -0.339. The maximum Gasteiger partial charge on any atom is 0.322 e. The number of thioether (sulfide) groups is 1. The molecule has 4 nitrogen and oxygen atoms in total. The van der Waals surface area contributed by atoms with E-state index < -0.39 is 5.97 Å². The molecule has 1 aliphatic rings. The minimum atomic E-state index is -1.02. The molecule has 2 N–H and O–H groups in total. The van der Waals surface area contributed by atoms with Crippen molar-refractivity contribution in [3.63, 3.8) is 0 Å². The lowest BCUT2D eigenvalue weighted by Gasteiger charge is -2.23. The highest BCUT2D eigenvalue weighted by Gasteiger charge is 2.32. The van der Waals surface area contributed by atoms with Crippen molar-refractivity contribution in [1.29, 1.82) is 0 Å². The molecule has 1 amide bonds. The Hall–Kier alpha value is -1.98. The lowest BCUT2D eigenvalue weighted by Crippen LogP contribution is -2.36. The van der Waals surface area contributed by atoms with Gasteiger partial charge in [-0.05, 0) is 48.1 Å². The highest BCUT2D eigenvalue weighted by atomic mass is 35.5. The van der Waals surface area contributed by atoms with Gasteiger partial charge in [-0.15, -0.1) is 11.8 Å². The molecule has 2 aromatic rings. The van der Waals surface area contributed by atoms with Gasteiger partial charge in [0.05, 0.1) is 5.92 Å². The number of hydrogen-bond donors (Lipinski definition) is 2. The molecular weight excluding hydrogens is 394 g/mol. The Balaban J connectivity index is 1.69. The second-order valence-electron chi connectivity index (χ2n) is 7.08. The number of aliphatic carboxylic acids is 1. The van der Waals surface area contributed by atoms with E-state index in [1.54, 1.807) is 11.8 Å². The summed E-state index contributed by atoms with van der Waals surface area (Å²) in [5.74, 6) is -0.444. The molecule has 0 aromatic heterocycles. The molecule has 1 saturated carbocycles. The molecule has 0 radical (unpaired) electrons. The number of rotatable bonds is 8. The molecule has 6 heteroatoms. The van der Waals surface area contributed by atoms with Crippen LogP contribution in [0.15, 0.2) is 53.4 Å². The first kappa shape index (κ1) is 20.7. The van der Waals surface area contributed by atoms with Gasteiger partial charge in [-0.2, -0.15) is 0 Å². The van der Waals surface area contributed by atoms with Crippen LogP contribution in [0.25, 0.3) is 0 Å². The van der Waals surface area contributed by atoms with Crippen LogP contribution in [-0.2, 0) is 15.3 Å². The van der Waals surface area contributed by atoms with Crippen molar-refractivity contribution in [3.8, 4) is 0 Å². The van der Waals surface area contributed by atoms with E-state index in [0.717, 1.165) is 52.5 Å². The number of hydrogen-bond acceptors (Lipinski definition) is 3. The monoisotopic (exact) mass is 417 g/mol. The molecular formula is C22H24ClNO3S. The molecule has 1 fully saturated rings. The van der Waals surface area contributed by atoms with Gasteiger partial charge in [0.25, 0.3) is 0 Å². The third-order valence-corrected chi connectivity index (χ3v) is 6.59. The first-order valence-electron chi connectivity index (χ1n) is 9.50. The summed E-state index contributed by atoms with van der Waals surface area (Å²) in [6.07, 6.45) is 4.26. The fraction of sp³-hybridized carbons (Fsp3) is 0.364. The average Bonchev–Trinajstić information content (AvgIpc) is 3.21. The van der Waals surface area contributed by atoms with Crippen LogP contribution >= 0.6 is 23.4 Å². The predicted molar refractivity (Wildman–Crippen MR) is 113 cm³/mol. The SMILES string of the molecule is O=C(O)CNC(=O)C(c1ccc(SCc2ccccc2Cl)cc1)C1CCCC1. The van der Waals surface area contributed by atoms with Crippen molar-refractivity contribution in [1.82, 2.24) is 5.32 Å². The van der Waals surface area contributed by atoms with Gasteiger partial charge in [-0.25, -0.2) is 0 Å². The summed E-state index contributed by atoms with van der Waals surface area (Å²) in [7, 11) is 0. The van der Waals surface area contributed by atoms with Gasteiger partial charge in [-0.1, -0.05) is 54.8 Å². The molecule has 3 rings (SSSR count). The molecule has 1 atom stereocenters. The maximum absolute atomic E-state index is 12.7. The lowest BCUT2D eigenvalue weighted by molar-refractivity contribution is -0.138. The first-order chi connectivity index (χ1) is 13.5. The second-order valence-corrected chi connectivity index (χ2v) is 8.54. The van der Waals surface area contributed by atoms with E-state index in [4.69, 9.17) is 16.7 Å². The third kappa shape index (κ3) is 5.52. The minimum Gasteiger partial charge on any atom is -0.480 e. The molecule has 1 aliphatic carbocycles. The van der Waals surface area contributed by atoms with Crippen LogP contribution < -0.4 is 5.32 Å². The van der Waals surface area contributed by atoms with Crippen molar-refractivity contribution in [3.05, 3.63) is 64.7 Å². The number of nitrogens with one attached hydrogen (secondary N) is 1. The summed E-state index contributed by atoms with van der Waals surface area (Å²) < 4.78 is 0. The van der Waals surface area contributed by atoms with Crippen molar-refractivity contribution >= 4 is 35.2 Å². The standard InChI is InChI=1S/C22H24ClNO3S/c23-19-8-4-3-7-17(19)14-28-18-11-9-16(10-12-18)21(15-5-1-2-6-15)22(27)24-13-20(25)26/h3-4,7-12,15,21H,1-2,5-6,13-14H2,(H,24,27)(H,25,26). The van der Waals surface area contributed by atoms with E-state index in [-0.39, 0.29) is 24.3 Å². The van der Waals surface area contributed by atoms with E-state index in [0.29, 0.717) is 0 Å². The van der Waals surface area contributed by atoms with Crippen molar-refractivity contribution in [2.24, 2.45) is 5.92 Å². The first-order valence-corrected chi connectivity index (χ1v) is 10.9. The van der Waals surface area contributed by atoms with Gasteiger partial charge in [0.2, 0.25) is 5.91 Å². The van der Waals surface area contributed by atoms with Crippen molar-refractivity contribution < 1.29 is 14.7 Å². The van der Waals surface area contributed by atoms with E-state index >= 15 is 0 Å². The van der Waals surface area contributed by atoms with Crippen LogP contribution in [0.4, 0.5) is 0 Å². The molecule has 148 valence electrons. The number of benzene rings is 2. The van der Waals surface area contributed by atoms with Gasteiger partial charge in [0.1, 0.15) is 6.54 Å². The summed E-state index contributed by atoms with van der Waals surface area (Å²) >= 11 is 7.92. The van der Waals surface area contributed by atoms with Crippen LogP contribution in [0.2, 0.25) is 5.02 Å². The topological polar surface area (TPSA) is 66.4 Å². The fourth-order valence-corrected chi connectivity index (χ4v) is 4.93. The lowest BCUT2D eigenvalue weighted by atomic mass is 9.84. The van der Waals surface area contributed by atoms with Gasteiger partial charge < -0.3 is 10.4 Å². The van der Waals surface area contributed by atoms with Crippen LogP contribution in [0.3, 0.4) is 0 Å². The smallest absolute Gasteiger partial charge is 0.322 e. The van der Waals surface area contributed by atoms with Crippen LogP contribution in [0.1, 0.15) is 42.7 Å². The number of carbonyl (C=O) groups excluding carboxylic acids is 1. The third-order valence-electron chi connectivity index (χ3n) is 5.16. The minimum absolute atomic E-state index is 0.189. The Kier molecular flexibility index (Phi) is 7.40. The van der Waals surface area contributed by atoms with Crippen molar-refractivity contribution in [2.45, 2.75) is 42.2 Å². The molecule has 0 bridgehead atoms. The number of carboxylic acids is 1. The van der Waals surface area contributed by atoms with E-state index in [9.17, 15) is 9.59 Å². The zero-order valence-electron chi connectivity index (χ0n) is 15.6. The maximum atomic E-state index is 12.7. The molecule has 0 saturated heterocycles. The normalized spacial score (nSPS) is 15.3.